The molecule has 1 fully saturated rings. The quantitative estimate of drug-likeness (QED) is 0.406. The fraction of sp³-hybridized carbons (Fsp3) is 0.280. The molecule has 2 aromatic rings. The second kappa shape index (κ2) is 9.19. The third-order valence-electron chi connectivity index (χ3n) is 6.02. The summed E-state index contributed by atoms with van der Waals surface area (Å²) in [5, 5.41) is 3.13. The lowest BCUT2D eigenvalue weighted by atomic mass is 9.78. The molecule has 0 bridgehead atoms. The van der Waals surface area contributed by atoms with Gasteiger partial charge in [-0.2, -0.15) is 0 Å². The largest absolute Gasteiger partial charge is 0.452 e. The number of allylic oxidation sites excluding steroid dienone is 2. The smallest absolute Gasteiger partial charge is 0.338 e. The van der Waals surface area contributed by atoms with E-state index in [2.05, 4.69) is 5.32 Å². The van der Waals surface area contributed by atoms with Crippen LogP contribution in [0.4, 0.5) is 11.4 Å². The van der Waals surface area contributed by atoms with Gasteiger partial charge in [0.2, 0.25) is 11.8 Å². The van der Waals surface area contributed by atoms with E-state index in [1.165, 1.54) is 29.2 Å². The Hall–Kier alpha value is -3.45. The number of ether oxygens (including phenoxy) is 1. The minimum absolute atomic E-state index is 0.00142. The van der Waals surface area contributed by atoms with Crippen molar-refractivity contribution >= 4 is 46.7 Å². The number of halogens is 1. The molecule has 1 heterocycles. The molecule has 33 heavy (non-hydrogen) atoms. The van der Waals surface area contributed by atoms with Crippen LogP contribution in [0.1, 0.15) is 29.3 Å². The first kappa shape index (κ1) is 22.7. The third-order valence-corrected chi connectivity index (χ3v) is 6.43. The molecule has 1 aliphatic heterocycles. The summed E-state index contributed by atoms with van der Waals surface area (Å²) in [5.74, 6) is -2.32. The van der Waals surface area contributed by atoms with Crippen molar-refractivity contribution in [1.29, 1.82) is 0 Å². The van der Waals surface area contributed by atoms with Gasteiger partial charge in [-0.15, -0.1) is 0 Å². The monoisotopic (exact) mass is 466 g/mol. The number of rotatable bonds is 5. The van der Waals surface area contributed by atoms with E-state index in [0.29, 0.717) is 22.8 Å². The molecule has 3 amide bonds. The number of nitrogens with one attached hydrogen (secondary N) is 1. The van der Waals surface area contributed by atoms with Crippen molar-refractivity contribution in [2.75, 3.05) is 16.8 Å². The zero-order valence-corrected chi connectivity index (χ0v) is 19.0. The summed E-state index contributed by atoms with van der Waals surface area (Å²) in [6, 6.07) is 11.1. The Morgan fingerprint density at radius 2 is 1.85 bits per heavy atom. The summed E-state index contributed by atoms with van der Waals surface area (Å²) in [4.78, 5) is 51.3. The lowest BCUT2D eigenvalue weighted by molar-refractivity contribution is -0.123. The van der Waals surface area contributed by atoms with Crippen LogP contribution in [-0.2, 0) is 19.1 Å². The van der Waals surface area contributed by atoms with Crippen molar-refractivity contribution in [3.8, 4) is 0 Å². The Morgan fingerprint density at radius 3 is 2.52 bits per heavy atom. The standard InChI is InChI=1S/C25H23ClN2O5/c1-14-6-9-17(12-20(14)26)27-21(29)13-33-25(32)16-7-10-18(11-8-16)28-23(30)19-5-3-4-15(2)22(19)24(28)31/h3-4,6-12,15,19,22H,5,13H2,1-2H3,(H,27,29)/t15-,19-,22+/m1/s1. The molecule has 1 N–H and O–H groups in total. The van der Waals surface area contributed by atoms with Crippen LogP contribution in [0, 0.1) is 24.7 Å². The van der Waals surface area contributed by atoms with Crippen LogP contribution >= 0.6 is 11.6 Å². The molecule has 3 atom stereocenters. The van der Waals surface area contributed by atoms with Gasteiger partial charge in [0.25, 0.3) is 5.91 Å². The highest BCUT2D eigenvalue weighted by atomic mass is 35.5. The first-order valence-corrected chi connectivity index (χ1v) is 11.0. The first-order valence-electron chi connectivity index (χ1n) is 10.6. The number of carbonyl (C=O) groups excluding carboxylic acids is 4. The van der Waals surface area contributed by atoms with Gasteiger partial charge in [-0.25, -0.2) is 4.79 Å². The van der Waals surface area contributed by atoms with E-state index in [4.69, 9.17) is 16.3 Å². The number of fused-ring (bicyclic) bond motifs is 1. The van der Waals surface area contributed by atoms with E-state index in [1.807, 2.05) is 26.0 Å². The number of hydrogen-bond donors (Lipinski definition) is 1. The van der Waals surface area contributed by atoms with Gasteiger partial charge >= 0.3 is 5.97 Å². The molecule has 2 aliphatic rings. The highest BCUT2D eigenvalue weighted by molar-refractivity contribution is 6.31. The van der Waals surface area contributed by atoms with E-state index in [9.17, 15) is 19.2 Å². The summed E-state index contributed by atoms with van der Waals surface area (Å²) in [6.45, 7) is 3.31. The number of imide groups is 1. The number of benzene rings is 2. The van der Waals surface area contributed by atoms with E-state index in [1.54, 1.807) is 18.2 Å². The molecule has 1 saturated heterocycles. The van der Waals surface area contributed by atoms with Gasteiger partial charge < -0.3 is 10.1 Å². The second-order valence-corrected chi connectivity index (χ2v) is 8.71. The normalized spacial score (nSPS) is 21.7. The van der Waals surface area contributed by atoms with Crippen LogP contribution in [-0.4, -0.2) is 30.3 Å². The number of aryl methyl sites for hydroxylation is 1. The molecular formula is C25H23ClN2O5. The molecule has 1 aliphatic carbocycles. The van der Waals surface area contributed by atoms with Crippen LogP contribution in [0.3, 0.4) is 0 Å². The van der Waals surface area contributed by atoms with Gasteiger partial charge in [0.1, 0.15) is 0 Å². The Labute approximate surface area is 196 Å². The topological polar surface area (TPSA) is 92.8 Å². The Kier molecular flexibility index (Phi) is 6.33. The maximum Gasteiger partial charge on any atom is 0.338 e. The van der Waals surface area contributed by atoms with Crippen molar-refractivity contribution in [3.05, 3.63) is 70.8 Å². The maximum atomic E-state index is 12.9. The van der Waals surface area contributed by atoms with E-state index >= 15 is 0 Å². The van der Waals surface area contributed by atoms with Crippen molar-refractivity contribution in [1.82, 2.24) is 0 Å². The Bertz CT molecular complexity index is 1160. The van der Waals surface area contributed by atoms with Gasteiger partial charge in [-0.05, 0) is 61.2 Å². The van der Waals surface area contributed by atoms with E-state index in [-0.39, 0.29) is 35.1 Å². The summed E-state index contributed by atoms with van der Waals surface area (Å²) >= 11 is 6.04. The summed E-state index contributed by atoms with van der Waals surface area (Å²) in [6.07, 6.45) is 4.47. The Morgan fingerprint density at radius 1 is 1.12 bits per heavy atom. The fourth-order valence-electron chi connectivity index (χ4n) is 4.23. The number of carbonyl (C=O) groups is 4. The second-order valence-electron chi connectivity index (χ2n) is 8.30. The van der Waals surface area contributed by atoms with Gasteiger partial charge in [-0.3, -0.25) is 19.3 Å². The highest BCUT2D eigenvalue weighted by Crippen LogP contribution is 2.40. The lowest BCUT2D eigenvalue weighted by Gasteiger charge is -2.22. The molecule has 0 saturated carbocycles. The summed E-state index contributed by atoms with van der Waals surface area (Å²) in [5.41, 5.74) is 2.00. The average Bonchev–Trinajstić information content (AvgIpc) is 3.06. The van der Waals surface area contributed by atoms with Crippen molar-refractivity contribution in [2.45, 2.75) is 20.3 Å². The third kappa shape index (κ3) is 4.54. The molecule has 0 spiro atoms. The molecule has 170 valence electrons. The molecule has 0 radical (unpaired) electrons. The van der Waals surface area contributed by atoms with Crippen LogP contribution in [0.15, 0.2) is 54.6 Å². The van der Waals surface area contributed by atoms with Gasteiger partial charge in [0.05, 0.1) is 23.1 Å². The minimum atomic E-state index is -0.691. The molecule has 7 nitrogen and oxygen atoms in total. The number of amides is 3. The first-order chi connectivity index (χ1) is 15.8. The summed E-state index contributed by atoms with van der Waals surface area (Å²) in [7, 11) is 0. The zero-order chi connectivity index (χ0) is 23.7. The average molecular weight is 467 g/mol. The van der Waals surface area contributed by atoms with E-state index < -0.39 is 18.5 Å². The number of esters is 1. The lowest BCUT2D eigenvalue weighted by Crippen LogP contribution is -2.31. The predicted molar refractivity (Wildman–Crippen MR) is 124 cm³/mol. The zero-order valence-electron chi connectivity index (χ0n) is 18.2. The molecule has 8 heteroatoms. The van der Waals surface area contributed by atoms with Gasteiger partial charge in [0.15, 0.2) is 6.61 Å². The maximum absolute atomic E-state index is 12.9. The molecule has 2 aromatic carbocycles. The van der Waals surface area contributed by atoms with E-state index in [0.717, 1.165) is 5.56 Å². The van der Waals surface area contributed by atoms with Crippen molar-refractivity contribution < 1.29 is 23.9 Å². The fourth-order valence-corrected chi connectivity index (χ4v) is 4.41. The van der Waals surface area contributed by atoms with Gasteiger partial charge in [-0.1, -0.05) is 36.7 Å². The predicted octanol–water partition coefficient (Wildman–Crippen LogP) is 4.15. The number of nitrogens with zero attached hydrogens (tertiary/aromatic N) is 1. The van der Waals surface area contributed by atoms with Crippen molar-refractivity contribution in [3.63, 3.8) is 0 Å². The van der Waals surface area contributed by atoms with Crippen LogP contribution in [0.2, 0.25) is 5.02 Å². The van der Waals surface area contributed by atoms with Crippen molar-refractivity contribution in [2.24, 2.45) is 17.8 Å². The summed E-state index contributed by atoms with van der Waals surface area (Å²) < 4.78 is 5.08. The van der Waals surface area contributed by atoms with Gasteiger partial charge in [0, 0.05) is 10.7 Å². The molecule has 0 unspecified atom stereocenters. The van der Waals surface area contributed by atoms with Crippen LogP contribution < -0.4 is 10.2 Å². The molecular weight excluding hydrogens is 444 g/mol. The van der Waals surface area contributed by atoms with Crippen LogP contribution in [0.5, 0.6) is 0 Å². The van der Waals surface area contributed by atoms with Crippen LogP contribution in [0.25, 0.3) is 0 Å². The SMILES string of the molecule is Cc1ccc(NC(=O)COC(=O)c2ccc(N3C(=O)[C@H]4[C@H](C)C=CC[C@H]4C3=O)cc2)cc1Cl. The molecule has 4 rings (SSSR count). The molecule has 0 aromatic heterocycles. The minimum Gasteiger partial charge on any atom is -0.452 e. The Balaban J connectivity index is 1.36. The number of anilines is 2. The number of hydrogen-bond acceptors (Lipinski definition) is 5. The highest BCUT2D eigenvalue weighted by Gasteiger charge is 2.50.